The molecule has 0 heterocycles. The Kier molecular flexibility index (Phi) is 4.33. The first kappa shape index (κ1) is 12.0. The van der Waals surface area contributed by atoms with Crippen LogP contribution in [0.3, 0.4) is 0 Å². The highest BCUT2D eigenvalue weighted by atomic mass is 79.9. The zero-order chi connectivity index (χ0) is 11.4. The molecule has 0 bridgehead atoms. The zero-order valence-corrected chi connectivity index (χ0v) is 11.6. The summed E-state index contributed by atoms with van der Waals surface area (Å²) < 4.78 is 1.07. The van der Waals surface area contributed by atoms with E-state index in [1.165, 1.54) is 9.79 Å². The summed E-state index contributed by atoms with van der Waals surface area (Å²) in [5, 5.41) is 0. The van der Waals surface area contributed by atoms with E-state index in [1.807, 2.05) is 18.2 Å². The van der Waals surface area contributed by atoms with Gasteiger partial charge in [-0.15, -0.1) is 11.6 Å². The maximum atomic E-state index is 5.81. The molecule has 0 aliphatic rings. The van der Waals surface area contributed by atoms with Crippen LogP contribution in [-0.2, 0) is 5.88 Å². The van der Waals surface area contributed by atoms with Crippen LogP contribution >= 0.6 is 39.3 Å². The van der Waals surface area contributed by atoms with E-state index < -0.39 is 0 Å². The summed E-state index contributed by atoms with van der Waals surface area (Å²) in [6.45, 7) is 0. The minimum Gasteiger partial charge on any atom is -0.122 e. The fraction of sp³-hybridized carbons (Fsp3) is 0.0769. The van der Waals surface area contributed by atoms with Crippen LogP contribution in [0.5, 0.6) is 0 Å². The second kappa shape index (κ2) is 5.76. The summed E-state index contributed by atoms with van der Waals surface area (Å²) >= 11 is 11.1. The Labute approximate surface area is 113 Å². The van der Waals surface area contributed by atoms with Gasteiger partial charge in [-0.3, -0.25) is 0 Å². The van der Waals surface area contributed by atoms with Crippen molar-refractivity contribution in [3.05, 3.63) is 58.6 Å². The number of benzene rings is 2. The molecule has 0 amide bonds. The number of rotatable bonds is 3. The Balaban J connectivity index is 2.20. The molecule has 0 saturated carbocycles. The van der Waals surface area contributed by atoms with Crippen molar-refractivity contribution in [3.8, 4) is 0 Å². The standard InChI is InChI=1S/C13H10BrClS/c14-13-8-12(7-6-10(13)9-15)16-11-4-2-1-3-5-11/h1-8H,9H2. The predicted octanol–water partition coefficient (Wildman–Crippen LogP) is 5.34. The van der Waals surface area contributed by atoms with Crippen LogP contribution < -0.4 is 0 Å². The highest BCUT2D eigenvalue weighted by Gasteiger charge is 2.01. The summed E-state index contributed by atoms with van der Waals surface area (Å²) in [7, 11) is 0. The van der Waals surface area contributed by atoms with Gasteiger partial charge in [0.15, 0.2) is 0 Å². The van der Waals surface area contributed by atoms with E-state index in [9.17, 15) is 0 Å². The third kappa shape index (κ3) is 3.03. The van der Waals surface area contributed by atoms with E-state index in [4.69, 9.17) is 11.6 Å². The molecule has 0 spiro atoms. The van der Waals surface area contributed by atoms with Crippen molar-refractivity contribution < 1.29 is 0 Å². The Morgan fingerprint density at radius 2 is 1.75 bits per heavy atom. The van der Waals surface area contributed by atoms with E-state index in [2.05, 4.69) is 46.3 Å². The molecule has 82 valence electrons. The summed E-state index contributed by atoms with van der Waals surface area (Å²) in [5.74, 6) is 0.539. The Morgan fingerprint density at radius 3 is 2.38 bits per heavy atom. The van der Waals surface area contributed by atoms with Crippen molar-refractivity contribution in [3.63, 3.8) is 0 Å². The molecule has 16 heavy (non-hydrogen) atoms. The molecule has 2 aromatic rings. The smallest absolute Gasteiger partial charge is 0.0485 e. The molecule has 0 nitrogen and oxygen atoms in total. The SMILES string of the molecule is ClCc1ccc(Sc2ccccc2)cc1Br. The van der Waals surface area contributed by atoms with Crippen molar-refractivity contribution in [1.82, 2.24) is 0 Å². The maximum Gasteiger partial charge on any atom is 0.0485 e. The molecule has 3 heteroatoms. The van der Waals surface area contributed by atoms with Crippen LogP contribution in [0.25, 0.3) is 0 Å². The first-order valence-corrected chi connectivity index (χ1v) is 7.01. The van der Waals surface area contributed by atoms with Crippen LogP contribution in [0.1, 0.15) is 5.56 Å². The molecular weight excluding hydrogens is 304 g/mol. The lowest BCUT2D eigenvalue weighted by Gasteiger charge is -2.04. The lowest BCUT2D eigenvalue weighted by Crippen LogP contribution is -1.81. The number of alkyl halides is 1. The van der Waals surface area contributed by atoms with Gasteiger partial charge in [0.1, 0.15) is 0 Å². The topological polar surface area (TPSA) is 0 Å². The van der Waals surface area contributed by atoms with Gasteiger partial charge < -0.3 is 0 Å². The van der Waals surface area contributed by atoms with E-state index in [-0.39, 0.29) is 0 Å². The van der Waals surface area contributed by atoms with Crippen LogP contribution in [0.4, 0.5) is 0 Å². The van der Waals surface area contributed by atoms with E-state index in [1.54, 1.807) is 11.8 Å². The maximum absolute atomic E-state index is 5.81. The summed E-state index contributed by atoms with van der Waals surface area (Å²) in [4.78, 5) is 2.46. The number of halogens is 2. The second-order valence-electron chi connectivity index (χ2n) is 3.30. The summed E-state index contributed by atoms with van der Waals surface area (Å²) in [6, 6.07) is 16.6. The third-order valence-electron chi connectivity index (χ3n) is 2.15. The number of hydrogen-bond donors (Lipinski definition) is 0. The van der Waals surface area contributed by atoms with Crippen LogP contribution in [0, 0.1) is 0 Å². The van der Waals surface area contributed by atoms with Crippen LogP contribution in [-0.4, -0.2) is 0 Å². The van der Waals surface area contributed by atoms with Gasteiger partial charge >= 0.3 is 0 Å². The molecule has 2 aromatic carbocycles. The molecule has 2 rings (SSSR count). The Hall–Kier alpha value is -0.440. The van der Waals surface area contributed by atoms with Crippen molar-refractivity contribution >= 4 is 39.3 Å². The lowest BCUT2D eigenvalue weighted by atomic mass is 10.2. The molecule has 0 atom stereocenters. The normalized spacial score (nSPS) is 10.4. The fourth-order valence-electron chi connectivity index (χ4n) is 1.32. The molecule has 0 unspecified atom stereocenters. The summed E-state index contributed by atoms with van der Waals surface area (Å²) in [5.41, 5.74) is 1.12. The number of hydrogen-bond acceptors (Lipinski definition) is 1. The first-order valence-electron chi connectivity index (χ1n) is 4.87. The van der Waals surface area contributed by atoms with Crippen molar-refractivity contribution in [2.24, 2.45) is 0 Å². The molecule has 0 saturated heterocycles. The Bertz CT molecular complexity index is 471. The third-order valence-corrected chi connectivity index (χ3v) is 4.17. The Morgan fingerprint density at radius 1 is 1.00 bits per heavy atom. The highest BCUT2D eigenvalue weighted by Crippen LogP contribution is 2.31. The minimum absolute atomic E-state index is 0.539. The van der Waals surface area contributed by atoms with Crippen molar-refractivity contribution in [2.45, 2.75) is 15.7 Å². The van der Waals surface area contributed by atoms with Gasteiger partial charge in [0.2, 0.25) is 0 Å². The van der Waals surface area contributed by atoms with Crippen LogP contribution in [0.2, 0.25) is 0 Å². The monoisotopic (exact) mass is 312 g/mol. The molecular formula is C13H10BrClS. The van der Waals surface area contributed by atoms with Gasteiger partial charge in [-0.1, -0.05) is 52.0 Å². The first-order chi connectivity index (χ1) is 7.79. The minimum atomic E-state index is 0.539. The molecule has 0 fully saturated rings. The second-order valence-corrected chi connectivity index (χ2v) is 5.57. The van der Waals surface area contributed by atoms with Gasteiger partial charge in [-0.2, -0.15) is 0 Å². The lowest BCUT2D eigenvalue weighted by molar-refractivity contribution is 1.30. The zero-order valence-electron chi connectivity index (χ0n) is 8.49. The quantitative estimate of drug-likeness (QED) is 0.689. The summed E-state index contributed by atoms with van der Waals surface area (Å²) in [6.07, 6.45) is 0. The van der Waals surface area contributed by atoms with E-state index in [0.29, 0.717) is 5.88 Å². The molecule has 0 aliphatic heterocycles. The van der Waals surface area contributed by atoms with Gasteiger partial charge in [0.25, 0.3) is 0 Å². The average Bonchev–Trinajstić information content (AvgIpc) is 2.31. The van der Waals surface area contributed by atoms with Crippen molar-refractivity contribution in [2.75, 3.05) is 0 Å². The van der Waals surface area contributed by atoms with Crippen LogP contribution in [0.15, 0.2) is 62.8 Å². The van der Waals surface area contributed by atoms with Gasteiger partial charge in [0, 0.05) is 20.1 Å². The predicted molar refractivity (Wildman–Crippen MR) is 74.3 cm³/mol. The van der Waals surface area contributed by atoms with Crippen molar-refractivity contribution in [1.29, 1.82) is 0 Å². The molecule has 0 radical (unpaired) electrons. The van der Waals surface area contributed by atoms with E-state index in [0.717, 1.165) is 10.0 Å². The molecule has 0 N–H and O–H groups in total. The van der Waals surface area contributed by atoms with E-state index >= 15 is 0 Å². The molecule has 0 aromatic heterocycles. The highest BCUT2D eigenvalue weighted by molar-refractivity contribution is 9.10. The largest absolute Gasteiger partial charge is 0.122 e. The van der Waals surface area contributed by atoms with Gasteiger partial charge in [0.05, 0.1) is 0 Å². The van der Waals surface area contributed by atoms with Gasteiger partial charge in [-0.25, -0.2) is 0 Å². The fourth-order valence-corrected chi connectivity index (χ4v) is 3.27. The van der Waals surface area contributed by atoms with Gasteiger partial charge in [-0.05, 0) is 29.8 Å². The average molecular weight is 314 g/mol. The molecule has 0 aliphatic carbocycles.